The Morgan fingerprint density at radius 3 is 2.49 bits per heavy atom. The molecule has 4 atom stereocenters. The second-order valence-corrected chi connectivity index (χ2v) is 12.8. The van der Waals surface area contributed by atoms with Crippen LogP contribution < -0.4 is 0 Å². The average Bonchev–Trinajstić information content (AvgIpc) is 3.62. The van der Waals surface area contributed by atoms with Crippen LogP contribution in [-0.2, 0) is 20.7 Å². The topological polar surface area (TPSA) is 89.0 Å². The lowest BCUT2D eigenvalue weighted by molar-refractivity contribution is -0.180. The first-order chi connectivity index (χ1) is 16.2. The van der Waals surface area contributed by atoms with Crippen LogP contribution in [0.3, 0.4) is 0 Å². The van der Waals surface area contributed by atoms with Gasteiger partial charge in [0.05, 0.1) is 6.04 Å². The molecule has 194 valence electrons. The smallest absolute Gasteiger partial charge is 0.408 e. The molecule has 3 fully saturated rings. The summed E-state index contributed by atoms with van der Waals surface area (Å²) in [6.45, 7) is 13.0. The Morgan fingerprint density at radius 2 is 1.97 bits per heavy atom. The van der Waals surface area contributed by atoms with E-state index in [0.717, 1.165) is 17.5 Å². The highest BCUT2D eigenvalue weighted by molar-refractivity contribution is 5.84. The largest absolute Gasteiger partial charge is 0.465 e. The molecule has 1 aromatic heterocycles. The predicted molar refractivity (Wildman–Crippen MR) is 133 cm³/mol. The first kappa shape index (κ1) is 25.9. The van der Waals surface area contributed by atoms with E-state index in [2.05, 4.69) is 17.1 Å². The molecule has 0 bridgehead atoms. The summed E-state index contributed by atoms with van der Waals surface area (Å²) in [6.07, 6.45) is 6.62. The van der Waals surface area contributed by atoms with E-state index in [-0.39, 0.29) is 12.3 Å². The molecular weight excluding hydrogens is 444 g/mol. The van der Waals surface area contributed by atoms with Gasteiger partial charge >= 0.3 is 12.1 Å². The van der Waals surface area contributed by atoms with E-state index in [0.29, 0.717) is 12.3 Å². The molecule has 1 amide bonds. The molecular formula is C28H42N2O5. The minimum Gasteiger partial charge on any atom is -0.465 e. The summed E-state index contributed by atoms with van der Waals surface area (Å²) in [5.74, 6) is 0.671. The summed E-state index contributed by atoms with van der Waals surface area (Å²) in [7, 11) is 0. The second kappa shape index (κ2) is 9.06. The van der Waals surface area contributed by atoms with Crippen molar-refractivity contribution in [2.24, 2.45) is 17.8 Å². The highest BCUT2D eigenvalue weighted by Crippen LogP contribution is 2.54. The van der Waals surface area contributed by atoms with Crippen LogP contribution in [0, 0.1) is 17.8 Å². The monoisotopic (exact) mass is 486 g/mol. The maximum atomic E-state index is 13.6. The van der Waals surface area contributed by atoms with E-state index in [1.165, 1.54) is 36.1 Å². The quantitative estimate of drug-likeness (QED) is 0.446. The number of carboxylic acid groups (broad SMARTS) is 1. The van der Waals surface area contributed by atoms with Crippen LogP contribution in [0.1, 0.15) is 97.7 Å². The maximum Gasteiger partial charge on any atom is 0.408 e. The van der Waals surface area contributed by atoms with Gasteiger partial charge in [0.1, 0.15) is 0 Å². The Bertz CT molecular complexity index is 964. The van der Waals surface area contributed by atoms with E-state index >= 15 is 0 Å². The van der Waals surface area contributed by atoms with Gasteiger partial charge < -0.3 is 14.6 Å². The van der Waals surface area contributed by atoms with Crippen LogP contribution in [0.15, 0.2) is 18.3 Å². The number of cyclic esters (lactones) is 1. The van der Waals surface area contributed by atoms with Crippen molar-refractivity contribution in [3.05, 3.63) is 29.6 Å². The van der Waals surface area contributed by atoms with Gasteiger partial charge in [0.2, 0.25) is 5.79 Å². The number of pyridine rings is 1. The fourth-order valence-corrected chi connectivity index (χ4v) is 5.87. The van der Waals surface area contributed by atoms with Gasteiger partial charge in [-0.15, -0.1) is 0 Å². The standard InChI is InChI=1S/C28H42N2O5/c1-17(2)12-23(30(25(32)33)26(3,4)5)28(24(31)34-27(6,7)35-28)16-21-14-19(10-11-29-21)22-15-20(22)13-18-8-9-18/h10-11,14,17-18,20,22-23H,8-9,12-13,15-16H2,1-7H3,(H,32,33)/t20-,22+,23+,28-/m1/s1. The van der Waals surface area contributed by atoms with Crippen LogP contribution in [0.4, 0.5) is 4.79 Å². The van der Waals surface area contributed by atoms with Crippen LogP contribution >= 0.6 is 0 Å². The van der Waals surface area contributed by atoms with Crippen LogP contribution in [0.25, 0.3) is 0 Å². The molecule has 1 saturated heterocycles. The lowest BCUT2D eigenvalue weighted by Crippen LogP contribution is -2.64. The number of amides is 1. The Hall–Kier alpha value is -2.15. The zero-order valence-electron chi connectivity index (χ0n) is 22.3. The third kappa shape index (κ3) is 5.65. The van der Waals surface area contributed by atoms with E-state index in [1.807, 2.05) is 40.8 Å². The van der Waals surface area contributed by atoms with E-state index in [9.17, 15) is 14.7 Å². The maximum absolute atomic E-state index is 13.6. The molecule has 0 unspecified atom stereocenters. The van der Waals surface area contributed by atoms with Crippen molar-refractivity contribution in [3.63, 3.8) is 0 Å². The third-order valence-electron chi connectivity index (χ3n) is 7.55. The van der Waals surface area contributed by atoms with Crippen molar-refractivity contribution < 1.29 is 24.2 Å². The molecule has 2 saturated carbocycles. The Balaban J connectivity index is 1.70. The molecule has 1 N–H and O–H groups in total. The van der Waals surface area contributed by atoms with Gasteiger partial charge in [0, 0.05) is 37.7 Å². The number of ether oxygens (including phenoxy) is 2. The summed E-state index contributed by atoms with van der Waals surface area (Å²) < 4.78 is 12.1. The number of esters is 1. The number of carbonyl (C=O) groups is 2. The molecule has 0 spiro atoms. The minimum absolute atomic E-state index is 0.134. The molecule has 35 heavy (non-hydrogen) atoms. The van der Waals surface area contributed by atoms with Gasteiger partial charge in [-0.25, -0.2) is 9.59 Å². The van der Waals surface area contributed by atoms with Crippen LogP contribution in [-0.4, -0.2) is 50.0 Å². The van der Waals surface area contributed by atoms with Crippen molar-refractivity contribution in [1.82, 2.24) is 9.88 Å². The summed E-state index contributed by atoms with van der Waals surface area (Å²) in [4.78, 5) is 32.2. The molecule has 7 nitrogen and oxygen atoms in total. The number of hydrogen-bond donors (Lipinski definition) is 1. The molecule has 2 aliphatic carbocycles. The van der Waals surface area contributed by atoms with E-state index in [1.54, 1.807) is 13.8 Å². The van der Waals surface area contributed by atoms with Crippen molar-refractivity contribution in [1.29, 1.82) is 0 Å². The highest BCUT2D eigenvalue weighted by atomic mass is 16.8. The second-order valence-electron chi connectivity index (χ2n) is 12.8. The fourth-order valence-electron chi connectivity index (χ4n) is 5.87. The average molecular weight is 487 g/mol. The van der Waals surface area contributed by atoms with E-state index in [4.69, 9.17) is 9.47 Å². The molecule has 3 aliphatic rings. The lowest BCUT2D eigenvalue weighted by Gasteiger charge is -2.46. The lowest BCUT2D eigenvalue weighted by atomic mass is 9.81. The van der Waals surface area contributed by atoms with Crippen molar-refractivity contribution >= 4 is 12.1 Å². The number of hydrogen-bond acceptors (Lipinski definition) is 5. The van der Waals surface area contributed by atoms with Crippen LogP contribution in [0.5, 0.6) is 0 Å². The summed E-state index contributed by atoms with van der Waals surface area (Å²) in [6, 6.07) is 3.44. The van der Waals surface area contributed by atoms with Gasteiger partial charge in [-0.1, -0.05) is 26.7 Å². The van der Waals surface area contributed by atoms with Crippen molar-refractivity contribution in [2.45, 2.75) is 116 Å². The van der Waals surface area contributed by atoms with Crippen molar-refractivity contribution in [3.8, 4) is 0 Å². The molecule has 0 aromatic carbocycles. The van der Waals surface area contributed by atoms with Gasteiger partial charge in [-0.3, -0.25) is 9.88 Å². The molecule has 7 heteroatoms. The van der Waals surface area contributed by atoms with Gasteiger partial charge in [-0.05, 0) is 81.4 Å². The number of nitrogens with zero attached hydrogens (tertiary/aromatic N) is 2. The molecule has 1 aromatic rings. The van der Waals surface area contributed by atoms with Gasteiger partial charge in [0.25, 0.3) is 0 Å². The van der Waals surface area contributed by atoms with Gasteiger partial charge in [0.15, 0.2) is 5.60 Å². The molecule has 0 radical (unpaired) electrons. The SMILES string of the molecule is CC(C)C[C@H](N(C(=O)O)C(C)(C)C)[C@@]1(Cc2cc([C@@H]3C[C@H]3CC3CC3)ccn2)OC(C)(C)OC1=O. The fraction of sp³-hybridized carbons (Fsp3) is 0.750. The summed E-state index contributed by atoms with van der Waals surface area (Å²) in [5.41, 5.74) is -0.231. The Morgan fingerprint density at radius 1 is 1.29 bits per heavy atom. The summed E-state index contributed by atoms with van der Waals surface area (Å²) in [5, 5.41) is 10.3. The molecule has 2 heterocycles. The Kier molecular flexibility index (Phi) is 6.71. The first-order valence-electron chi connectivity index (χ1n) is 13.1. The zero-order chi connectivity index (χ0) is 25.8. The number of carbonyl (C=O) groups excluding carboxylic acids is 1. The van der Waals surface area contributed by atoms with Crippen molar-refractivity contribution in [2.75, 3.05) is 0 Å². The highest BCUT2D eigenvalue weighted by Gasteiger charge is 2.62. The molecule has 1 aliphatic heterocycles. The first-order valence-corrected chi connectivity index (χ1v) is 13.1. The zero-order valence-corrected chi connectivity index (χ0v) is 22.3. The predicted octanol–water partition coefficient (Wildman–Crippen LogP) is 5.77. The third-order valence-corrected chi connectivity index (χ3v) is 7.55. The van der Waals surface area contributed by atoms with E-state index < -0.39 is 35.0 Å². The Labute approximate surface area is 209 Å². The number of aromatic nitrogens is 1. The molecule has 4 rings (SSSR count). The van der Waals surface area contributed by atoms with Gasteiger partial charge in [-0.2, -0.15) is 0 Å². The number of rotatable bonds is 9. The minimum atomic E-state index is -1.48. The summed E-state index contributed by atoms with van der Waals surface area (Å²) >= 11 is 0. The normalized spacial score (nSPS) is 28.6. The van der Waals surface area contributed by atoms with Crippen LogP contribution in [0.2, 0.25) is 0 Å².